The Balaban J connectivity index is 2.11. The lowest BCUT2D eigenvalue weighted by Crippen LogP contribution is -2.28. The molecule has 0 aromatic heterocycles. The molecule has 0 atom stereocenters. The van der Waals surface area contributed by atoms with Gasteiger partial charge in [0.25, 0.3) is 0 Å². The van der Waals surface area contributed by atoms with Crippen molar-refractivity contribution in [3.63, 3.8) is 0 Å². The van der Waals surface area contributed by atoms with Gasteiger partial charge in [-0.25, -0.2) is 0 Å². The monoisotopic (exact) mass is 277 g/mol. The fourth-order valence-electron chi connectivity index (χ4n) is 1.89. The minimum absolute atomic E-state index is 0.112. The predicted molar refractivity (Wildman–Crippen MR) is 85.1 cm³/mol. The molecule has 1 amide bonds. The number of anilines is 1. The Morgan fingerprint density at radius 1 is 1.15 bits per heavy atom. The van der Waals surface area contributed by atoms with E-state index >= 15 is 0 Å². The summed E-state index contributed by atoms with van der Waals surface area (Å²) in [5.41, 5.74) is 2.40. The molecule has 0 saturated heterocycles. The molecule has 112 valence electrons. The maximum Gasteiger partial charge on any atom is 0.221 e. The third-order valence-corrected chi connectivity index (χ3v) is 3.15. The van der Waals surface area contributed by atoms with Gasteiger partial charge in [-0.05, 0) is 51.2 Å². The van der Waals surface area contributed by atoms with Crippen LogP contribution in [0.2, 0.25) is 0 Å². The largest absolute Gasteiger partial charge is 0.385 e. The van der Waals surface area contributed by atoms with Gasteiger partial charge >= 0.3 is 0 Å². The van der Waals surface area contributed by atoms with Crippen LogP contribution in [0.25, 0.3) is 0 Å². The maximum absolute atomic E-state index is 11.6. The van der Waals surface area contributed by atoms with Crippen molar-refractivity contribution in [1.29, 1.82) is 0 Å². The van der Waals surface area contributed by atoms with Crippen molar-refractivity contribution in [2.24, 2.45) is 0 Å². The van der Waals surface area contributed by atoms with Gasteiger partial charge in [0.15, 0.2) is 0 Å². The van der Waals surface area contributed by atoms with Crippen molar-refractivity contribution in [3.8, 4) is 0 Å². The fourth-order valence-corrected chi connectivity index (χ4v) is 1.89. The van der Waals surface area contributed by atoms with E-state index < -0.39 is 0 Å². The maximum atomic E-state index is 11.6. The van der Waals surface area contributed by atoms with Crippen molar-refractivity contribution < 1.29 is 4.79 Å². The zero-order valence-electron chi connectivity index (χ0n) is 12.9. The van der Waals surface area contributed by atoms with Gasteiger partial charge in [0, 0.05) is 25.2 Å². The first-order valence-electron chi connectivity index (χ1n) is 7.36. The quantitative estimate of drug-likeness (QED) is 0.680. The number of carbonyl (C=O) groups is 1. The summed E-state index contributed by atoms with van der Waals surface area (Å²) in [5, 5.41) is 6.20. The van der Waals surface area contributed by atoms with Crippen LogP contribution in [0.3, 0.4) is 0 Å². The molecule has 1 aromatic rings. The van der Waals surface area contributed by atoms with Gasteiger partial charge in [0.2, 0.25) is 5.91 Å². The zero-order valence-corrected chi connectivity index (χ0v) is 12.9. The topological polar surface area (TPSA) is 44.4 Å². The number of nitrogens with one attached hydrogen (secondary N) is 2. The summed E-state index contributed by atoms with van der Waals surface area (Å²) in [6.45, 7) is 4.57. The van der Waals surface area contributed by atoms with E-state index in [1.165, 1.54) is 5.56 Å². The van der Waals surface area contributed by atoms with Crippen molar-refractivity contribution in [2.45, 2.75) is 26.2 Å². The number of carbonyl (C=O) groups excluding carboxylic acids is 1. The number of benzene rings is 1. The Morgan fingerprint density at radius 2 is 1.85 bits per heavy atom. The van der Waals surface area contributed by atoms with E-state index in [9.17, 15) is 4.79 Å². The molecule has 0 heterocycles. The van der Waals surface area contributed by atoms with Gasteiger partial charge in [-0.15, -0.1) is 0 Å². The number of hydrogen-bond donors (Lipinski definition) is 2. The highest BCUT2D eigenvalue weighted by molar-refractivity contribution is 5.76. The van der Waals surface area contributed by atoms with Gasteiger partial charge in [-0.1, -0.05) is 19.1 Å². The van der Waals surface area contributed by atoms with Crippen molar-refractivity contribution in [2.75, 3.05) is 39.0 Å². The SMILES string of the molecule is CCc1ccc(NCCC(=O)NCCCN(C)C)cc1. The predicted octanol–water partition coefficient (Wildman–Crippen LogP) is 2.12. The van der Waals surface area contributed by atoms with Crippen LogP contribution >= 0.6 is 0 Å². The Bertz CT molecular complexity index is 387. The number of amides is 1. The van der Waals surface area contributed by atoms with E-state index in [-0.39, 0.29) is 5.91 Å². The first-order valence-corrected chi connectivity index (χ1v) is 7.36. The number of nitrogens with zero attached hydrogens (tertiary/aromatic N) is 1. The van der Waals surface area contributed by atoms with Crippen LogP contribution in [0.1, 0.15) is 25.3 Å². The van der Waals surface area contributed by atoms with Crippen LogP contribution in [-0.4, -0.2) is 44.5 Å². The van der Waals surface area contributed by atoms with Gasteiger partial charge in [-0.3, -0.25) is 4.79 Å². The molecule has 1 rings (SSSR count). The average molecular weight is 277 g/mol. The van der Waals surface area contributed by atoms with Gasteiger partial charge in [0.1, 0.15) is 0 Å². The molecular weight excluding hydrogens is 250 g/mol. The highest BCUT2D eigenvalue weighted by Gasteiger charge is 2.00. The molecular formula is C16H27N3O. The summed E-state index contributed by atoms with van der Waals surface area (Å²) in [6, 6.07) is 8.36. The minimum atomic E-state index is 0.112. The Kier molecular flexibility index (Phi) is 7.73. The molecule has 1 aromatic carbocycles. The second kappa shape index (κ2) is 9.37. The van der Waals surface area contributed by atoms with Crippen LogP contribution in [0.4, 0.5) is 5.69 Å². The van der Waals surface area contributed by atoms with Gasteiger partial charge < -0.3 is 15.5 Å². The van der Waals surface area contributed by atoms with Crippen LogP contribution in [-0.2, 0) is 11.2 Å². The minimum Gasteiger partial charge on any atom is -0.385 e. The standard InChI is InChI=1S/C16H27N3O/c1-4-14-6-8-15(9-7-14)17-12-10-16(20)18-11-5-13-19(2)3/h6-9,17H,4-5,10-13H2,1-3H3,(H,18,20). The molecule has 0 aliphatic rings. The molecule has 0 spiro atoms. The summed E-state index contributed by atoms with van der Waals surface area (Å²) in [7, 11) is 4.07. The van der Waals surface area contributed by atoms with E-state index in [1.54, 1.807) is 0 Å². The molecule has 4 nitrogen and oxygen atoms in total. The molecule has 0 saturated carbocycles. The Labute approximate surface area is 122 Å². The highest BCUT2D eigenvalue weighted by atomic mass is 16.1. The number of hydrogen-bond acceptors (Lipinski definition) is 3. The first-order chi connectivity index (χ1) is 9.61. The van der Waals surface area contributed by atoms with Crippen LogP contribution < -0.4 is 10.6 Å². The van der Waals surface area contributed by atoms with Crippen molar-refractivity contribution in [1.82, 2.24) is 10.2 Å². The molecule has 2 N–H and O–H groups in total. The number of rotatable bonds is 9. The molecule has 20 heavy (non-hydrogen) atoms. The van der Waals surface area contributed by atoms with Crippen molar-refractivity contribution in [3.05, 3.63) is 29.8 Å². The molecule has 4 heteroatoms. The molecule has 0 aliphatic heterocycles. The van der Waals surface area contributed by atoms with Crippen molar-refractivity contribution >= 4 is 11.6 Å². The average Bonchev–Trinajstić information content (AvgIpc) is 2.44. The highest BCUT2D eigenvalue weighted by Crippen LogP contribution is 2.09. The molecule has 0 bridgehead atoms. The lowest BCUT2D eigenvalue weighted by atomic mass is 10.1. The summed E-state index contributed by atoms with van der Waals surface area (Å²) in [6.07, 6.45) is 2.55. The summed E-state index contributed by atoms with van der Waals surface area (Å²) >= 11 is 0. The Morgan fingerprint density at radius 3 is 2.45 bits per heavy atom. The number of aryl methyl sites for hydroxylation is 1. The lowest BCUT2D eigenvalue weighted by Gasteiger charge is -2.10. The van der Waals surface area contributed by atoms with E-state index in [2.05, 4.69) is 46.7 Å². The summed E-state index contributed by atoms with van der Waals surface area (Å²) in [5.74, 6) is 0.112. The first kappa shape index (κ1) is 16.5. The van der Waals surface area contributed by atoms with E-state index in [1.807, 2.05) is 14.1 Å². The second-order valence-electron chi connectivity index (χ2n) is 5.23. The second-order valence-corrected chi connectivity index (χ2v) is 5.23. The summed E-state index contributed by atoms with van der Waals surface area (Å²) in [4.78, 5) is 13.7. The van der Waals surface area contributed by atoms with E-state index in [0.717, 1.165) is 31.6 Å². The fraction of sp³-hybridized carbons (Fsp3) is 0.562. The molecule has 0 fully saturated rings. The van der Waals surface area contributed by atoms with E-state index in [4.69, 9.17) is 0 Å². The normalized spacial score (nSPS) is 10.6. The lowest BCUT2D eigenvalue weighted by molar-refractivity contribution is -0.120. The smallest absolute Gasteiger partial charge is 0.221 e. The third kappa shape index (κ3) is 7.14. The van der Waals surface area contributed by atoms with E-state index in [0.29, 0.717) is 13.0 Å². The van der Waals surface area contributed by atoms with Crippen LogP contribution in [0, 0.1) is 0 Å². The molecule has 0 unspecified atom stereocenters. The zero-order chi connectivity index (χ0) is 14.8. The van der Waals surface area contributed by atoms with Crippen LogP contribution in [0.15, 0.2) is 24.3 Å². The van der Waals surface area contributed by atoms with Gasteiger partial charge in [0.05, 0.1) is 0 Å². The summed E-state index contributed by atoms with van der Waals surface area (Å²) < 4.78 is 0. The van der Waals surface area contributed by atoms with Crippen LogP contribution in [0.5, 0.6) is 0 Å². The molecule has 0 radical (unpaired) electrons. The van der Waals surface area contributed by atoms with Gasteiger partial charge in [-0.2, -0.15) is 0 Å². The third-order valence-electron chi connectivity index (χ3n) is 3.15. The Hall–Kier alpha value is -1.55. The molecule has 0 aliphatic carbocycles.